The quantitative estimate of drug-likeness (QED) is 0.838. The molecule has 19 heavy (non-hydrogen) atoms. The number of nitriles is 2. The third-order valence-corrected chi connectivity index (χ3v) is 2.85. The van der Waals surface area contributed by atoms with Crippen molar-refractivity contribution < 1.29 is 9.47 Å². The Kier molecular flexibility index (Phi) is 3.82. The lowest BCUT2D eigenvalue weighted by molar-refractivity contribution is -0.149. The summed E-state index contributed by atoms with van der Waals surface area (Å²) < 4.78 is 11.2. The fraction of sp³-hybridized carbons (Fsp3) is 0.286. The smallest absolute Gasteiger partial charge is 0.192 e. The van der Waals surface area contributed by atoms with E-state index >= 15 is 0 Å². The number of benzene rings is 1. The molecule has 96 valence electrons. The Hall–Kier alpha value is -2.34. The Labute approximate surface area is 111 Å². The summed E-state index contributed by atoms with van der Waals surface area (Å²) in [7, 11) is 0. The van der Waals surface area contributed by atoms with Gasteiger partial charge >= 0.3 is 0 Å². The second kappa shape index (κ2) is 5.53. The van der Waals surface area contributed by atoms with E-state index in [0.29, 0.717) is 13.2 Å². The van der Waals surface area contributed by atoms with Gasteiger partial charge in [0.1, 0.15) is 17.7 Å². The van der Waals surface area contributed by atoms with Crippen LogP contribution in [-0.2, 0) is 15.3 Å². The lowest BCUT2D eigenvalue weighted by atomic mass is 10.1. The SMILES string of the molecule is CC1(c2cccc(NC=C(C#N)C#N)c2)OCCO1. The molecule has 0 spiro atoms. The van der Waals surface area contributed by atoms with Crippen molar-refractivity contribution in [2.75, 3.05) is 18.5 Å². The van der Waals surface area contributed by atoms with E-state index < -0.39 is 5.79 Å². The van der Waals surface area contributed by atoms with Crippen molar-refractivity contribution in [1.82, 2.24) is 0 Å². The average molecular weight is 255 g/mol. The number of hydrogen-bond acceptors (Lipinski definition) is 5. The largest absolute Gasteiger partial charge is 0.360 e. The summed E-state index contributed by atoms with van der Waals surface area (Å²) in [5.41, 5.74) is 1.67. The minimum Gasteiger partial charge on any atom is -0.360 e. The summed E-state index contributed by atoms with van der Waals surface area (Å²) in [4.78, 5) is 0. The normalized spacial score (nSPS) is 16.2. The number of rotatable bonds is 3. The van der Waals surface area contributed by atoms with Crippen molar-refractivity contribution in [1.29, 1.82) is 10.5 Å². The van der Waals surface area contributed by atoms with Crippen LogP contribution in [0.1, 0.15) is 12.5 Å². The zero-order valence-corrected chi connectivity index (χ0v) is 10.5. The molecule has 1 fully saturated rings. The number of ether oxygens (including phenoxy) is 2. The summed E-state index contributed by atoms with van der Waals surface area (Å²) in [6, 6.07) is 11.1. The minimum atomic E-state index is -0.727. The van der Waals surface area contributed by atoms with Gasteiger partial charge in [-0.3, -0.25) is 0 Å². The zero-order valence-electron chi connectivity index (χ0n) is 10.5. The van der Waals surface area contributed by atoms with E-state index in [4.69, 9.17) is 20.0 Å². The second-order valence-electron chi connectivity index (χ2n) is 4.15. The molecule has 0 aromatic heterocycles. The predicted molar refractivity (Wildman–Crippen MR) is 68.6 cm³/mol. The Morgan fingerprint density at radius 3 is 2.63 bits per heavy atom. The van der Waals surface area contributed by atoms with E-state index in [1.165, 1.54) is 6.20 Å². The lowest BCUT2D eigenvalue weighted by Crippen LogP contribution is -2.22. The Balaban J connectivity index is 2.19. The third kappa shape index (κ3) is 2.92. The Morgan fingerprint density at radius 1 is 1.32 bits per heavy atom. The van der Waals surface area contributed by atoms with Crippen LogP contribution in [0.5, 0.6) is 0 Å². The molecule has 0 bridgehead atoms. The molecule has 1 aliphatic heterocycles. The topological polar surface area (TPSA) is 78.1 Å². The van der Waals surface area contributed by atoms with Gasteiger partial charge in [0, 0.05) is 17.5 Å². The number of allylic oxidation sites excluding steroid dienone is 1. The van der Waals surface area contributed by atoms with Gasteiger partial charge in [0.2, 0.25) is 0 Å². The maximum Gasteiger partial charge on any atom is 0.192 e. The molecule has 1 heterocycles. The lowest BCUT2D eigenvalue weighted by Gasteiger charge is -2.23. The number of anilines is 1. The summed E-state index contributed by atoms with van der Waals surface area (Å²) in [6.07, 6.45) is 1.37. The molecule has 1 aliphatic rings. The average Bonchev–Trinajstić information content (AvgIpc) is 2.89. The highest BCUT2D eigenvalue weighted by Gasteiger charge is 2.33. The summed E-state index contributed by atoms with van der Waals surface area (Å²) in [5, 5.41) is 20.2. The van der Waals surface area contributed by atoms with Gasteiger partial charge in [-0.15, -0.1) is 0 Å². The van der Waals surface area contributed by atoms with Crippen LogP contribution in [0.2, 0.25) is 0 Å². The van der Waals surface area contributed by atoms with Crippen molar-refractivity contribution in [3.05, 3.63) is 41.6 Å². The number of nitrogens with one attached hydrogen (secondary N) is 1. The molecule has 1 N–H and O–H groups in total. The number of nitrogens with zero attached hydrogens (tertiary/aromatic N) is 2. The van der Waals surface area contributed by atoms with E-state index in [1.54, 1.807) is 12.1 Å². The molecule has 0 radical (unpaired) electrons. The molecule has 2 rings (SSSR count). The molecule has 5 nitrogen and oxygen atoms in total. The van der Waals surface area contributed by atoms with E-state index in [1.807, 2.05) is 31.2 Å². The Bertz CT molecular complexity index is 559. The van der Waals surface area contributed by atoms with Gasteiger partial charge in [0.05, 0.1) is 13.2 Å². The first kappa shape index (κ1) is 13.1. The molecule has 1 aromatic carbocycles. The van der Waals surface area contributed by atoms with Gasteiger partial charge in [0.15, 0.2) is 5.79 Å². The van der Waals surface area contributed by atoms with Crippen LogP contribution in [-0.4, -0.2) is 13.2 Å². The monoisotopic (exact) mass is 255 g/mol. The van der Waals surface area contributed by atoms with E-state index in [-0.39, 0.29) is 5.57 Å². The highest BCUT2D eigenvalue weighted by Crippen LogP contribution is 2.31. The molecular weight excluding hydrogens is 242 g/mol. The van der Waals surface area contributed by atoms with Crippen LogP contribution in [0.3, 0.4) is 0 Å². The van der Waals surface area contributed by atoms with Gasteiger partial charge in [-0.1, -0.05) is 12.1 Å². The van der Waals surface area contributed by atoms with E-state index in [0.717, 1.165) is 11.3 Å². The van der Waals surface area contributed by atoms with Gasteiger partial charge in [-0.2, -0.15) is 10.5 Å². The first-order chi connectivity index (χ1) is 9.18. The molecule has 1 saturated heterocycles. The first-order valence-corrected chi connectivity index (χ1v) is 5.83. The first-order valence-electron chi connectivity index (χ1n) is 5.83. The van der Waals surface area contributed by atoms with Crippen LogP contribution in [0.4, 0.5) is 5.69 Å². The van der Waals surface area contributed by atoms with Crippen LogP contribution in [0.15, 0.2) is 36.0 Å². The van der Waals surface area contributed by atoms with Crippen LogP contribution in [0.25, 0.3) is 0 Å². The Morgan fingerprint density at radius 2 is 2.00 bits per heavy atom. The van der Waals surface area contributed by atoms with Gasteiger partial charge in [0.25, 0.3) is 0 Å². The fourth-order valence-corrected chi connectivity index (χ4v) is 1.82. The third-order valence-electron chi connectivity index (χ3n) is 2.85. The van der Waals surface area contributed by atoms with Gasteiger partial charge < -0.3 is 14.8 Å². The number of hydrogen-bond donors (Lipinski definition) is 1. The summed E-state index contributed by atoms with van der Waals surface area (Å²) in [6.45, 7) is 3.01. The van der Waals surface area contributed by atoms with Gasteiger partial charge in [-0.25, -0.2) is 0 Å². The predicted octanol–water partition coefficient (Wildman–Crippen LogP) is 2.25. The van der Waals surface area contributed by atoms with Crippen molar-refractivity contribution in [2.24, 2.45) is 0 Å². The molecule has 0 atom stereocenters. The van der Waals surface area contributed by atoms with Crippen molar-refractivity contribution >= 4 is 5.69 Å². The second-order valence-corrected chi connectivity index (χ2v) is 4.15. The van der Waals surface area contributed by atoms with Crippen LogP contribution in [0, 0.1) is 22.7 Å². The fourth-order valence-electron chi connectivity index (χ4n) is 1.82. The highest BCUT2D eigenvalue weighted by atomic mass is 16.7. The van der Waals surface area contributed by atoms with E-state index in [2.05, 4.69) is 5.32 Å². The zero-order chi connectivity index (χ0) is 13.7. The maximum atomic E-state index is 8.65. The van der Waals surface area contributed by atoms with Crippen LogP contribution < -0.4 is 5.32 Å². The van der Waals surface area contributed by atoms with Crippen molar-refractivity contribution in [3.8, 4) is 12.1 Å². The summed E-state index contributed by atoms with van der Waals surface area (Å²) >= 11 is 0. The molecule has 0 unspecified atom stereocenters. The maximum absolute atomic E-state index is 8.65. The van der Waals surface area contributed by atoms with E-state index in [9.17, 15) is 0 Å². The molecule has 0 saturated carbocycles. The molecular formula is C14H13N3O2. The molecule has 0 aliphatic carbocycles. The standard InChI is InChI=1S/C14H13N3O2/c1-14(18-5-6-19-14)12-3-2-4-13(7-12)17-10-11(8-15)9-16/h2-4,7,10,17H,5-6H2,1H3. The van der Waals surface area contributed by atoms with Gasteiger partial charge in [-0.05, 0) is 19.1 Å². The van der Waals surface area contributed by atoms with Crippen molar-refractivity contribution in [2.45, 2.75) is 12.7 Å². The molecule has 0 amide bonds. The van der Waals surface area contributed by atoms with Crippen LogP contribution >= 0.6 is 0 Å². The minimum absolute atomic E-state index is 0.0185. The molecule has 1 aromatic rings. The summed E-state index contributed by atoms with van der Waals surface area (Å²) in [5.74, 6) is -0.727. The highest BCUT2D eigenvalue weighted by molar-refractivity contribution is 5.51. The molecule has 5 heteroatoms. The van der Waals surface area contributed by atoms with Crippen molar-refractivity contribution in [3.63, 3.8) is 0 Å².